The summed E-state index contributed by atoms with van der Waals surface area (Å²) in [7, 11) is 3.19. The number of fused-ring (bicyclic) bond motifs is 2. The van der Waals surface area contributed by atoms with Crippen molar-refractivity contribution in [2.24, 2.45) is 0 Å². The molecular weight excluding hydrogens is 602 g/mol. The number of aromatic hydroxyl groups is 1. The summed E-state index contributed by atoms with van der Waals surface area (Å²) < 4.78 is 21.3. The number of carboxylic acid groups (broad SMARTS) is 1. The molecular formula is C36H41N3O8. The zero-order chi connectivity index (χ0) is 33.2. The number of carbonyl (C=O) groups is 2. The number of methoxy groups -OCH3 is 2. The van der Waals surface area contributed by atoms with E-state index in [1.165, 1.54) is 0 Å². The minimum Gasteiger partial charge on any atom is -0.508 e. The molecule has 1 fully saturated rings. The molecule has 6 rings (SSSR count). The molecule has 3 N–H and O–H groups in total. The number of amides is 1. The van der Waals surface area contributed by atoms with E-state index in [1.54, 1.807) is 44.6 Å². The summed E-state index contributed by atoms with van der Waals surface area (Å²) in [5.74, 6) is 2.13. The quantitative estimate of drug-likeness (QED) is 0.273. The fraction of sp³-hybridized carbons (Fsp3) is 0.333. The highest BCUT2D eigenvalue weighted by Crippen LogP contribution is 2.31. The number of aliphatic carboxylic acids is 1. The van der Waals surface area contributed by atoms with Crippen LogP contribution in [0.3, 0.4) is 0 Å². The van der Waals surface area contributed by atoms with Gasteiger partial charge < -0.3 is 39.4 Å². The molecule has 11 heteroatoms. The van der Waals surface area contributed by atoms with E-state index in [9.17, 15) is 14.7 Å². The van der Waals surface area contributed by atoms with Crippen molar-refractivity contribution >= 4 is 29.7 Å². The number of phenolic OH excluding ortho intramolecular Hbond substituents is 1. The number of hydrogen-bond donors (Lipinski definition) is 3. The summed E-state index contributed by atoms with van der Waals surface area (Å²) >= 11 is 0. The van der Waals surface area contributed by atoms with Gasteiger partial charge in [0, 0.05) is 67.7 Å². The van der Waals surface area contributed by atoms with Crippen LogP contribution in [0.5, 0.6) is 28.7 Å². The minimum absolute atomic E-state index is 0.0637. The second-order valence-electron chi connectivity index (χ2n) is 11.3. The summed E-state index contributed by atoms with van der Waals surface area (Å²) in [6, 6.07) is 18.3. The van der Waals surface area contributed by atoms with Crippen LogP contribution in [0.1, 0.15) is 24.0 Å². The SMILES string of the molecule is COc1ccc2c(c1)OCC(C(=O)NCCCCN1CCN(c3cccc(O)c3)CC1)=C2.COc1ccc2c(c1)OCC(C(=O)O)=C2. The van der Waals surface area contributed by atoms with Gasteiger partial charge in [-0.2, -0.15) is 0 Å². The lowest BCUT2D eigenvalue weighted by Crippen LogP contribution is -2.46. The summed E-state index contributed by atoms with van der Waals surface area (Å²) in [6.07, 6.45) is 5.49. The van der Waals surface area contributed by atoms with Gasteiger partial charge in [0.05, 0.1) is 25.4 Å². The Morgan fingerprint density at radius 3 is 2.02 bits per heavy atom. The van der Waals surface area contributed by atoms with Gasteiger partial charge in [-0.05, 0) is 67.9 Å². The molecule has 3 heterocycles. The number of anilines is 1. The van der Waals surface area contributed by atoms with Crippen LogP contribution in [-0.2, 0) is 9.59 Å². The van der Waals surface area contributed by atoms with Crippen LogP contribution in [0, 0.1) is 0 Å². The minimum atomic E-state index is -0.948. The number of nitrogens with one attached hydrogen (secondary N) is 1. The van der Waals surface area contributed by atoms with Crippen LogP contribution in [-0.4, -0.2) is 93.7 Å². The molecule has 0 aliphatic carbocycles. The van der Waals surface area contributed by atoms with Gasteiger partial charge in [0.2, 0.25) is 0 Å². The maximum atomic E-state index is 12.5. The Bertz CT molecular complexity index is 1630. The highest BCUT2D eigenvalue weighted by atomic mass is 16.5. The standard InChI is InChI=1S/C25H31N3O4.C11H10O4/c1-31-23-8-7-19-15-20(18-32-24(19)17-23)25(30)26-9-2-3-10-27-11-13-28(14-12-27)21-5-4-6-22(29)16-21;1-14-9-3-2-7-4-8(11(12)13)6-15-10(7)5-9/h4-8,15-17,29H,2-3,9-14,18H2,1H3,(H,26,30);2-5H,6H2,1H3,(H,12,13). The Kier molecular flexibility index (Phi) is 11.2. The number of carboxylic acids is 1. The van der Waals surface area contributed by atoms with Gasteiger partial charge in [-0.1, -0.05) is 6.07 Å². The number of unbranched alkanes of at least 4 members (excludes halogenated alkanes) is 1. The van der Waals surface area contributed by atoms with Crippen molar-refractivity contribution < 1.29 is 38.7 Å². The van der Waals surface area contributed by atoms with Gasteiger partial charge in [-0.25, -0.2) is 4.79 Å². The van der Waals surface area contributed by atoms with E-state index in [4.69, 9.17) is 24.1 Å². The first kappa shape index (κ1) is 33.2. The van der Waals surface area contributed by atoms with E-state index >= 15 is 0 Å². The number of nitrogens with zero attached hydrogens (tertiary/aromatic N) is 2. The molecule has 11 nitrogen and oxygen atoms in total. The van der Waals surface area contributed by atoms with Gasteiger partial charge in [0.1, 0.15) is 42.0 Å². The monoisotopic (exact) mass is 643 g/mol. The second-order valence-corrected chi connectivity index (χ2v) is 11.3. The van der Waals surface area contributed by atoms with Gasteiger partial charge in [0.25, 0.3) is 5.91 Å². The average molecular weight is 644 g/mol. The number of carbonyl (C=O) groups excluding carboxylic acids is 1. The highest BCUT2D eigenvalue weighted by molar-refractivity contribution is 5.99. The van der Waals surface area contributed by atoms with E-state index in [0.717, 1.165) is 73.9 Å². The molecule has 0 spiro atoms. The van der Waals surface area contributed by atoms with Gasteiger partial charge in [-0.15, -0.1) is 0 Å². The van der Waals surface area contributed by atoms with Gasteiger partial charge in [0.15, 0.2) is 0 Å². The predicted octanol–water partition coefficient (Wildman–Crippen LogP) is 4.45. The van der Waals surface area contributed by atoms with Crippen molar-refractivity contribution in [1.82, 2.24) is 10.2 Å². The molecule has 0 saturated carbocycles. The Morgan fingerprint density at radius 1 is 0.809 bits per heavy atom. The van der Waals surface area contributed by atoms with E-state index in [1.807, 2.05) is 42.5 Å². The van der Waals surface area contributed by atoms with E-state index in [2.05, 4.69) is 15.1 Å². The van der Waals surface area contributed by atoms with Crippen molar-refractivity contribution in [2.75, 3.05) is 71.6 Å². The van der Waals surface area contributed by atoms with Gasteiger partial charge in [-0.3, -0.25) is 9.69 Å². The molecule has 3 aliphatic heterocycles. The largest absolute Gasteiger partial charge is 0.508 e. The van der Waals surface area contributed by atoms with Crippen molar-refractivity contribution in [2.45, 2.75) is 12.8 Å². The van der Waals surface area contributed by atoms with Crippen molar-refractivity contribution in [3.8, 4) is 28.7 Å². The maximum Gasteiger partial charge on any atom is 0.335 e. The third-order valence-electron chi connectivity index (χ3n) is 8.19. The normalized spacial score (nSPS) is 15.2. The number of phenols is 1. The molecule has 248 valence electrons. The highest BCUT2D eigenvalue weighted by Gasteiger charge is 2.19. The molecule has 0 radical (unpaired) electrons. The molecule has 0 atom stereocenters. The molecule has 0 bridgehead atoms. The molecule has 3 aromatic carbocycles. The van der Waals surface area contributed by atoms with Crippen LogP contribution >= 0.6 is 0 Å². The van der Waals surface area contributed by atoms with Crippen molar-refractivity contribution in [1.29, 1.82) is 0 Å². The fourth-order valence-corrected chi connectivity index (χ4v) is 5.49. The predicted molar refractivity (Wildman–Crippen MR) is 180 cm³/mol. The van der Waals surface area contributed by atoms with E-state index in [-0.39, 0.29) is 24.7 Å². The Hall–Kier alpha value is -5.16. The smallest absolute Gasteiger partial charge is 0.335 e. The Morgan fingerprint density at radius 2 is 1.43 bits per heavy atom. The lowest BCUT2D eigenvalue weighted by molar-refractivity contribution is -0.133. The summed E-state index contributed by atoms with van der Waals surface area (Å²) in [4.78, 5) is 28.0. The number of hydrogen-bond acceptors (Lipinski definition) is 9. The zero-order valence-corrected chi connectivity index (χ0v) is 26.7. The molecule has 0 unspecified atom stereocenters. The summed E-state index contributed by atoms with van der Waals surface area (Å²) in [5, 5.41) is 21.5. The fourth-order valence-electron chi connectivity index (χ4n) is 5.49. The molecule has 3 aliphatic rings. The third-order valence-corrected chi connectivity index (χ3v) is 8.19. The summed E-state index contributed by atoms with van der Waals surface area (Å²) in [5.41, 5.74) is 3.64. The maximum absolute atomic E-state index is 12.5. The molecule has 0 aromatic heterocycles. The first-order valence-electron chi connectivity index (χ1n) is 15.6. The number of benzene rings is 3. The van der Waals surface area contributed by atoms with Crippen LogP contribution in [0.4, 0.5) is 5.69 Å². The Balaban J connectivity index is 0.000000241. The van der Waals surface area contributed by atoms with Crippen LogP contribution in [0.25, 0.3) is 12.2 Å². The molecule has 1 saturated heterocycles. The van der Waals surface area contributed by atoms with E-state index in [0.29, 0.717) is 29.4 Å². The first-order valence-corrected chi connectivity index (χ1v) is 15.6. The van der Waals surface area contributed by atoms with Gasteiger partial charge >= 0.3 is 5.97 Å². The van der Waals surface area contributed by atoms with E-state index < -0.39 is 5.97 Å². The number of ether oxygens (including phenoxy) is 4. The average Bonchev–Trinajstić information content (AvgIpc) is 3.11. The Labute approximate surface area is 274 Å². The number of piperazine rings is 1. The first-order chi connectivity index (χ1) is 22.8. The van der Waals surface area contributed by atoms with Crippen molar-refractivity contribution in [3.63, 3.8) is 0 Å². The van der Waals surface area contributed by atoms with Crippen LogP contribution in [0.15, 0.2) is 71.8 Å². The zero-order valence-electron chi connectivity index (χ0n) is 26.7. The lowest BCUT2D eigenvalue weighted by atomic mass is 10.1. The molecule has 47 heavy (non-hydrogen) atoms. The van der Waals surface area contributed by atoms with Crippen molar-refractivity contribution in [3.05, 3.63) is 82.9 Å². The molecule has 3 aromatic rings. The molecule has 1 amide bonds. The summed E-state index contributed by atoms with van der Waals surface area (Å²) in [6.45, 7) is 6.00. The second kappa shape index (κ2) is 15.9. The topological polar surface area (TPSA) is 130 Å². The lowest BCUT2D eigenvalue weighted by Gasteiger charge is -2.36. The van der Waals surface area contributed by atoms with Crippen LogP contribution < -0.4 is 29.2 Å². The number of rotatable bonds is 10. The third kappa shape index (κ3) is 8.98. The van der Waals surface area contributed by atoms with Crippen LogP contribution in [0.2, 0.25) is 0 Å².